The van der Waals surface area contributed by atoms with E-state index in [9.17, 15) is 4.79 Å². The van der Waals surface area contributed by atoms with E-state index in [0.717, 1.165) is 20.9 Å². The minimum absolute atomic E-state index is 0.0438. The molecule has 3 heterocycles. The van der Waals surface area contributed by atoms with Crippen molar-refractivity contribution in [1.82, 2.24) is 0 Å². The van der Waals surface area contributed by atoms with Gasteiger partial charge in [-0.15, -0.1) is 34.4 Å². The van der Waals surface area contributed by atoms with E-state index < -0.39 is 0 Å². The maximum absolute atomic E-state index is 12.0. The quantitative estimate of drug-likeness (QED) is 0.675. The first-order valence-corrected chi connectivity index (χ1v) is 9.68. The number of carbonyl (C=O) groups excluding carboxylic acids is 1. The second kappa shape index (κ2) is 6.91. The summed E-state index contributed by atoms with van der Waals surface area (Å²) in [7, 11) is 1.41. The van der Waals surface area contributed by atoms with Crippen LogP contribution in [-0.2, 0) is 9.53 Å². The number of thiophene rings is 2. The van der Waals surface area contributed by atoms with E-state index in [2.05, 4.69) is 25.3 Å². The summed E-state index contributed by atoms with van der Waals surface area (Å²) in [6.07, 6.45) is 1.97. The van der Waals surface area contributed by atoms with E-state index in [1.54, 1.807) is 22.7 Å². The van der Waals surface area contributed by atoms with Crippen LogP contribution in [0.2, 0.25) is 0 Å². The second-order valence-corrected chi connectivity index (χ2v) is 8.17. The Hall–Kier alpha value is -1.56. The van der Waals surface area contributed by atoms with Gasteiger partial charge in [-0.1, -0.05) is 31.4 Å². The molecule has 1 aliphatic heterocycles. The molecule has 5 heteroatoms. The molecule has 0 amide bonds. The number of rotatable bonds is 5. The van der Waals surface area contributed by atoms with Gasteiger partial charge in [0.1, 0.15) is 0 Å². The number of thioether (sulfide) groups is 1. The van der Waals surface area contributed by atoms with Gasteiger partial charge in [-0.25, -0.2) is 4.79 Å². The lowest BCUT2D eigenvalue weighted by atomic mass is 9.91. The van der Waals surface area contributed by atoms with Gasteiger partial charge in [0, 0.05) is 20.9 Å². The fraction of sp³-hybridized carbons (Fsp3) is 0.167. The van der Waals surface area contributed by atoms with E-state index in [0.29, 0.717) is 4.91 Å². The van der Waals surface area contributed by atoms with E-state index in [1.165, 1.54) is 18.9 Å². The molecule has 0 spiro atoms. The second-order valence-electron chi connectivity index (χ2n) is 5.09. The highest BCUT2D eigenvalue weighted by atomic mass is 32.2. The van der Waals surface area contributed by atoms with Crippen molar-refractivity contribution in [2.24, 2.45) is 5.92 Å². The molecule has 2 aromatic rings. The summed E-state index contributed by atoms with van der Waals surface area (Å²) >= 11 is 4.85. The van der Waals surface area contributed by atoms with Crippen molar-refractivity contribution in [3.8, 4) is 0 Å². The molecule has 0 radical (unpaired) electrons. The van der Waals surface area contributed by atoms with Crippen molar-refractivity contribution in [3.63, 3.8) is 0 Å². The average Bonchev–Trinajstić information content (AvgIpc) is 3.33. The summed E-state index contributed by atoms with van der Waals surface area (Å²) in [6, 6.07) is 8.16. The van der Waals surface area contributed by atoms with Gasteiger partial charge in [0.25, 0.3) is 0 Å². The van der Waals surface area contributed by atoms with Crippen molar-refractivity contribution in [3.05, 3.63) is 68.9 Å². The van der Waals surface area contributed by atoms with Crippen molar-refractivity contribution >= 4 is 51.6 Å². The molecular weight excluding hydrogens is 344 g/mol. The molecule has 0 aromatic carbocycles. The number of carbonyl (C=O) groups is 1. The molecule has 2 aromatic heterocycles. The molecule has 0 fully saturated rings. The zero-order valence-electron chi connectivity index (χ0n) is 12.7. The van der Waals surface area contributed by atoms with Gasteiger partial charge >= 0.3 is 5.97 Å². The lowest BCUT2D eigenvalue weighted by molar-refractivity contribution is -0.135. The fourth-order valence-electron chi connectivity index (χ4n) is 2.51. The van der Waals surface area contributed by atoms with Crippen LogP contribution in [0, 0.1) is 5.92 Å². The van der Waals surface area contributed by atoms with E-state index >= 15 is 0 Å². The summed E-state index contributed by atoms with van der Waals surface area (Å²) in [5, 5.41) is 4.14. The van der Waals surface area contributed by atoms with Crippen LogP contribution < -0.4 is 0 Å². The van der Waals surface area contributed by atoms with E-state index in [-0.39, 0.29) is 17.1 Å². The number of allylic oxidation sites excluding steroid dienone is 2. The summed E-state index contributed by atoms with van der Waals surface area (Å²) in [5.74, 6) is -0.247. The van der Waals surface area contributed by atoms with Gasteiger partial charge in [0.05, 0.1) is 12.0 Å². The Morgan fingerprint density at radius 1 is 1.09 bits per heavy atom. The zero-order chi connectivity index (χ0) is 16.4. The van der Waals surface area contributed by atoms with Crippen LogP contribution in [0.25, 0.3) is 11.1 Å². The third-order valence-corrected chi connectivity index (χ3v) is 7.00. The van der Waals surface area contributed by atoms with Crippen LogP contribution >= 0.6 is 34.4 Å². The Labute approximate surface area is 148 Å². The van der Waals surface area contributed by atoms with Crippen LogP contribution in [0.15, 0.2) is 59.2 Å². The number of hydrogen-bond donors (Lipinski definition) is 0. The maximum Gasteiger partial charge on any atom is 0.344 e. The molecule has 1 aliphatic rings. The fourth-order valence-corrected chi connectivity index (χ4v) is 5.41. The van der Waals surface area contributed by atoms with Crippen molar-refractivity contribution < 1.29 is 9.53 Å². The maximum atomic E-state index is 12.0. The minimum atomic E-state index is -0.291. The van der Waals surface area contributed by atoms with Gasteiger partial charge < -0.3 is 4.74 Å². The Kier molecular flexibility index (Phi) is 4.90. The normalized spacial score (nSPS) is 20.1. The first kappa shape index (κ1) is 16.3. The smallest absolute Gasteiger partial charge is 0.344 e. The molecule has 0 saturated carbocycles. The third-order valence-electron chi connectivity index (χ3n) is 3.72. The molecule has 2 nitrogen and oxygen atoms in total. The van der Waals surface area contributed by atoms with E-state index in [1.807, 2.05) is 29.0 Å². The highest BCUT2D eigenvalue weighted by molar-refractivity contribution is 8.05. The minimum Gasteiger partial charge on any atom is -0.465 e. The molecule has 2 atom stereocenters. The molecule has 23 heavy (non-hydrogen) atoms. The van der Waals surface area contributed by atoms with E-state index in [4.69, 9.17) is 4.74 Å². The van der Waals surface area contributed by atoms with Gasteiger partial charge in [-0.05, 0) is 34.0 Å². The Morgan fingerprint density at radius 2 is 1.70 bits per heavy atom. The Balaban J connectivity index is 1.93. The molecule has 3 rings (SSSR count). The number of ether oxygens (including phenoxy) is 1. The zero-order valence-corrected chi connectivity index (χ0v) is 15.1. The lowest BCUT2D eigenvalue weighted by Crippen LogP contribution is -2.13. The van der Waals surface area contributed by atoms with Crippen molar-refractivity contribution in [2.45, 2.75) is 5.25 Å². The largest absolute Gasteiger partial charge is 0.465 e. The number of methoxy groups -OCH3 is 1. The van der Waals surface area contributed by atoms with Gasteiger partial charge in [0.15, 0.2) is 0 Å². The molecule has 0 saturated heterocycles. The van der Waals surface area contributed by atoms with Crippen LogP contribution in [-0.4, -0.2) is 18.3 Å². The van der Waals surface area contributed by atoms with Gasteiger partial charge in [-0.3, -0.25) is 0 Å². The monoisotopic (exact) mass is 360 g/mol. The standard InChI is InChI=1S/C18H16O2S3/c1-11(14-6-4-8-21-14)13-10-16(18(19)20-3)23-17(13)12(2)15-7-5-9-22-15/h4-10,13,17H,1-2H2,3H3. The van der Waals surface area contributed by atoms with Crippen molar-refractivity contribution in [1.29, 1.82) is 0 Å². The van der Waals surface area contributed by atoms with Crippen LogP contribution in [0.4, 0.5) is 0 Å². The molecule has 2 unspecified atom stereocenters. The summed E-state index contributed by atoms with van der Waals surface area (Å²) < 4.78 is 4.89. The van der Waals surface area contributed by atoms with Gasteiger partial charge in [0.2, 0.25) is 0 Å². The lowest BCUT2D eigenvalue weighted by Gasteiger charge is -2.21. The average molecular weight is 361 g/mol. The first-order chi connectivity index (χ1) is 11.1. The van der Waals surface area contributed by atoms with Crippen LogP contribution in [0.1, 0.15) is 9.75 Å². The summed E-state index contributed by atoms with van der Waals surface area (Å²) in [5.41, 5.74) is 2.05. The Bertz CT molecular complexity index is 754. The topological polar surface area (TPSA) is 26.3 Å². The van der Waals surface area contributed by atoms with Gasteiger partial charge in [-0.2, -0.15) is 0 Å². The van der Waals surface area contributed by atoms with Crippen molar-refractivity contribution in [2.75, 3.05) is 7.11 Å². The highest BCUT2D eigenvalue weighted by Crippen LogP contribution is 2.49. The molecule has 0 N–H and O–H groups in total. The van der Waals surface area contributed by atoms with Crippen LogP contribution in [0.5, 0.6) is 0 Å². The Morgan fingerprint density at radius 3 is 2.22 bits per heavy atom. The summed E-state index contributed by atoms with van der Waals surface area (Å²) in [4.78, 5) is 14.9. The molecular formula is C18H16O2S3. The predicted octanol–water partition coefficient (Wildman–Crippen LogP) is 5.32. The number of hydrogen-bond acceptors (Lipinski definition) is 5. The SMILES string of the molecule is C=C(c1cccs1)C1C=C(C(=O)OC)SC1C(=C)c1cccs1. The predicted molar refractivity (Wildman–Crippen MR) is 102 cm³/mol. The molecule has 118 valence electrons. The summed E-state index contributed by atoms with van der Waals surface area (Å²) in [6.45, 7) is 8.55. The molecule has 0 bridgehead atoms. The number of esters is 1. The van der Waals surface area contributed by atoms with Crippen LogP contribution in [0.3, 0.4) is 0 Å². The first-order valence-electron chi connectivity index (χ1n) is 7.04. The highest BCUT2D eigenvalue weighted by Gasteiger charge is 2.36. The third kappa shape index (κ3) is 3.22. The molecule has 0 aliphatic carbocycles.